The Kier molecular flexibility index (Phi) is 6.47. The Balaban J connectivity index is 1.66. The van der Waals surface area contributed by atoms with Crippen LogP contribution in [-0.4, -0.2) is 23.9 Å². The quantitative estimate of drug-likeness (QED) is 0.718. The van der Waals surface area contributed by atoms with Crippen LogP contribution in [0.1, 0.15) is 37.0 Å². The summed E-state index contributed by atoms with van der Waals surface area (Å²) in [5.41, 5.74) is 4.33. The molecule has 1 heterocycles. The first-order valence-corrected chi connectivity index (χ1v) is 10.0. The lowest BCUT2D eigenvalue weighted by Crippen LogP contribution is -2.93. The van der Waals surface area contributed by atoms with Crippen LogP contribution < -0.4 is 16.0 Å². The zero-order valence-electron chi connectivity index (χ0n) is 16.9. The van der Waals surface area contributed by atoms with Gasteiger partial charge in [0.1, 0.15) is 12.6 Å². The van der Waals surface area contributed by atoms with E-state index in [1.54, 1.807) is 0 Å². The van der Waals surface area contributed by atoms with E-state index in [1.165, 1.54) is 11.1 Å². The van der Waals surface area contributed by atoms with Gasteiger partial charge in [0, 0.05) is 17.7 Å². The van der Waals surface area contributed by atoms with Crippen LogP contribution >= 0.6 is 0 Å². The molecule has 4 N–H and O–H groups in total. The van der Waals surface area contributed by atoms with Crippen molar-refractivity contribution in [3.8, 4) is 0 Å². The molecule has 1 aliphatic rings. The van der Waals surface area contributed by atoms with Gasteiger partial charge < -0.3 is 16.0 Å². The van der Waals surface area contributed by atoms with Crippen molar-refractivity contribution >= 4 is 17.5 Å². The number of hydrogen-bond acceptors (Lipinski definition) is 2. The molecule has 0 aromatic heterocycles. The van der Waals surface area contributed by atoms with Gasteiger partial charge in [0.05, 0.1) is 0 Å². The van der Waals surface area contributed by atoms with E-state index in [1.807, 2.05) is 43.3 Å². The maximum Gasteiger partial charge on any atom is 0.279 e. The van der Waals surface area contributed by atoms with E-state index in [-0.39, 0.29) is 17.9 Å². The molecule has 5 nitrogen and oxygen atoms in total. The fourth-order valence-electron chi connectivity index (χ4n) is 3.68. The Morgan fingerprint density at radius 1 is 1.11 bits per heavy atom. The van der Waals surface area contributed by atoms with Gasteiger partial charge >= 0.3 is 0 Å². The fourth-order valence-corrected chi connectivity index (χ4v) is 3.68. The predicted octanol–water partition coefficient (Wildman–Crippen LogP) is 2.15. The first-order valence-electron chi connectivity index (χ1n) is 10.0. The first-order chi connectivity index (χ1) is 13.4. The second kappa shape index (κ2) is 9.02. The number of anilines is 1. The zero-order chi connectivity index (χ0) is 20.1. The minimum absolute atomic E-state index is 0.0699. The molecular formula is C23H30N3O2+. The molecule has 0 radical (unpaired) electrons. The topological polar surface area (TPSA) is 74.8 Å². The molecule has 1 aliphatic heterocycles. The molecule has 0 saturated carbocycles. The van der Waals surface area contributed by atoms with Gasteiger partial charge in [-0.2, -0.15) is 0 Å². The summed E-state index contributed by atoms with van der Waals surface area (Å²) in [6, 6.07) is 15.2. The summed E-state index contributed by atoms with van der Waals surface area (Å²) in [4.78, 5) is 25.7. The molecule has 28 heavy (non-hydrogen) atoms. The highest BCUT2D eigenvalue weighted by Gasteiger charge is 2.31. The first kappa shape index (κ1) is 20.1. The van der Waals surface area contributed by atoms with E-state index in [2.05, 4.69) is 41.9 Å². The van der Waals surface area contributed by atoms with Gasteiger partial charge in [-0.05, 0) is 42.5 Å². The smallest absolute Gasteiger partial charge is 0.279 e. The van der Waals surface area contributed by atoms with E-state index in [0.29, 0.717) is 18.8 Å². The molecule has 0 aliphatic carbocycles. The molecule has 148 valence electrons. The number of aryl methyl sites for hydroxylation is 1. The van der Waals surface area contributed by atoms with E-state index in [0.717, 1.165) is 17.8 Å². The molecule has 0 bridgehead atoms. The van der Waals surface area contributed by atoms with Crippen LogP contribution in [0.15, 0.2) is 48.5 Å². The summed E-state index contributed by atoms with van der Waals surface area (Å²) >= 11 is 0. The normalized spacial score (nSPS) is 16.9. The van der Waals surface area contributed by atoms with Crippen molar-refractivity contribution in [1.82, 2.24) is 5.32 Å². The van der Waals surface area contributed by atoms with Crippen molar-refractivity contribution in [2.45, 2.75) is 52.2 Å². The average molecular weight is 381 g/mol. The Labute approximate surface area is 166 Å². The molecule has 2 amide bonds. The summed E-state index contributed by atoms with van der Waals surface area (Å²) in [5.74, 6) is 0.0630. The molecule has 0 saturated heterocycles. The average Bonchev–Trinajstić information content (AvgIpc) is 2.66. The number of amides is 2. The number of fused-ring (bicyclic) bond motifs is 1. The Morgan fingerprint density at radius 3 is 2.57 bits per heavy atom. The highest BCUT2D eigenvalue weighted by molar-refractivity contribution is 5.97. The number of rotatable bonds is 6. The van der Waals surface area contributed by atoms with E-state index < -0.39 is 6.04 Å². The standard InChI is InChI=1S/C23H29N3O2/c1-15(2)11-21(23(28)25-19-10-6-7-16(3)12-19)26-22(27)20-13-17-8-4-5-9-18(17)14-24-20/h4-10,12,15,20-21,24H,11,13-14H2,1-3H3,(H,25,28)(H,26,27)/p+1/t20-,21+/m0/s1. The van der Waals surface area contributed by atoms with Gasteiger partial charge in [-0.1, -0.05) is 50.2 Å². The summed E-state index contributed by atoms with van der Waals surface area (Å²) in [7, 11) is 0. The minimum Gasteiger partial charge on any atom is -0.339 e. The molecule has 2 atom stereocenters. The molecule has 2 aromatic rings. The molecule has 5 heteroatoms. The van der Waals surface area contributed by atoms with Gasteiger partial charge in [0.15, 0.2) is 6.04 Å². The lowest BCUT2D eigenvalue weighted by Gasteiger charge is -2.25. The van der Waals surface area contributed by atoms with Crippen molar-refractivity contribution in [2.24, 2.45) is 5.92 Å². The fraction of sp³-hybridized carbons (Fsp3) is 0.391. The van der Waals surface area contributed by atoms with Crippen LogP contribution in [0.4, 0.5) is 5.69 Å². The van der Waals surface area contributed by atoms with Crippen molar-refractivity contribution < 1.29 is 14.9 Å². The van der Waals surface area contributed by atoms with Crippen LogP contribution in [0, 0.1) is 12.8 Å². The lowest BCUT2D eigenvalue weighted by molar-refractivity contribution is -0.695. The summed E-state index contributed by atoms with van der Waals surface area (Å²) < 4.78 is 0. The third-order valence-corrected chi connectivity index (χ3v) is 5.14. The van der Waals surface area contributed by atoms with Gasteiger partial charge in [-0.15, -0.1) is 0 Å². The van der Waals surface area contributed by atoms with Crippen molar-refractivity contribution in [3.63, 3.8) is 0 Å². The third-order valence-electron chi connectivity index (χ3n) is 5.14. The number of carbonyl (C=O) groups is 2. The van der Waals surface area contributed by atoms with Crippen LogP contribution in [0.3, 0.4) is 0 Å². The maximum atomic E-state index is 12.9. The highest BCUT2D eigenvalue weighted by Crippen LogP contribution is 2.15. The van der Waals surface area contributed by atoms with Crippen molar-refractivity contribution in [3.05, 3.63) is 65.2 Å². The second-order valence-electron chi connectivity index (χ2n) is 8.07. The molecule has 2 aromatic carbocycles. The van der Waals surface area contributed by atoms with E-state index >= 15 is 0 Å². The number of hydrogen-bond donors (Lipinski definition) is 3. The van der Waals surface area contributed by atoms with Gasteiger partial charge in [0.2, 0.25) is 5.91 Å². The molecule has 0 fully saturated rings. The number of nitrogens with two attached hydrogens (primary N) is 1. The van der Waals surface area contributed by atoms with E-state index in [9.17, 15) is 9.59 Å². The molecule has 0 unspecified atom stereocenters. The van der Waals surface area contributed by atoms with Crippen LogP contribution in [-0.2, 0) is 22.6 Å². The molecule has 0 spiro atoms. The van der Waals surface area contributed by atoms with Crippen molar-refractivity contribution in [1.29, 1.82) is 0 Å². The maximum absolute atomic E-state index is 12.9. The summed E-state index contributed by atoms with van der Waals surface area (Å²) in [6.07, 6.45) is 1.29. The monoisotopic (exact) mass is 380 g/mol. The van der Waals surface area contributed by atoms with Crippen molar-refractivity contribution in [2.75, 3.05) is 5.32 Å². The van der Waals surface area contributed by atoms with Crippen LogP contribution in [0.25, 0.3) is 0 Å². The third kappa shape index (κ3) is 5.20. The van der Waals surface area contributed by atoms with Gasteiger partial charge in [0.25, 0.3) is 5.91 Å². The number of carbonyl (C=O) groups excluding carboxylic acids is 2. The predicted molar refractivity (Wildman–Crippen MR) is 111 cm³/mol. The summed E-state index contributed by atoms with van der Waals surface area (Å²) in [5, 5.41) is 8.01. The number of nitrogens with one attached hydrogen (secondary N) is 2. The Bertz CT molecular complexity index is 847. The number of quaternary nitrogens is 1. The van der Waals surface area contributed by atoms with Gasteiger partial charge in [-0.3, -0.25) is 9.59 Å². The highest BCUT2D eigenvalue weighted by atomic mass is 16.2. The second-order valence-corrected chi connectivity index (χ2v) is 8.07. The van der Waals surface area contributed by atoms with Crippen LogP contribution in [0.5, 0.6) is 0 Å². The van der Waals surface area contributed by atoms with E-state index in [4.69, 9.17) is 0 Å². The Hall–Kier alpha value is -2.66. The lowest BCUT2D eigenvalue weighted by atomic mass is 9.95. The zero-order valence-corrected chi connectivity index (χ0v) is 16.9. The number of benzene rings is 2. The van der Waals surface area contributed by atoms with Crippen LogP contribution in [0.2, 0.25) is 0 Å². The molecular weight excluding hydrogens is 350 g/mol. The largest absolute Gasteiger partial charge is 0.339 e. The molecule has 3 rings (SSSR count). The van der Waals surface area contributed by atoms with Gasteiger partial charge in [-0.25, -0.2) is 0 Å². The SMILES string of the molecule is Cc1cccc(NC(=O)[C@@H](CC(C)C)NC(=O)[C@@H]2Cc3ccccc3C[NH2+]2)c1. The minimum atomic E-state index is -0.543. The Morgan fingerprint density at radius 2 is 1.86 bits per heavy atom. The summed E-state index contributed by atoms with van der Waals surface area (Å²) in [6.45, 7) is 6.89.